The van der Waals surface area contributed by atoms with E-state index in [1.807, 2.05) is 0 Å². The molecule has 14 heavy (non-hydrogen) atoms. The SMILES string of the molecule is Fc1ccc(On2cccn2)c(F)c1. The van der Waals surface area contributed by atoms with Crippen LogP contribution in [0.2, 0.25) is 0 Å². The van der Waals surface area contributed by atoms with E-state index >= 15 is 0 Å². The highest BCUT2D eigenvalue weighted by Gasteiger charge is 2.05. The molecular weight excluding hydrogens is 190 g/mol. The molecule has 2 rings (SSSR count). The monoisotopic (exact) mass is 196 g/mol. The molecule has 0 saturated heterocycles. The number of nitrogens with zero attached hydrogens (tertiary/aromatic N) is 2. The second kappa shape index (κ2) is 3.45. The maximum atomic E-state index is 13.0. The van der Waals surface area contributed by atoms with Crippen LogP contribution in [0.15, 0.2) is 36.7 Å². The summed E-state index contributed by atoms with van der Waals surface area (Å²) in [5, 5.41) is 3.71. The van der Waals surface area contributed by atoms with E-state index in [2.05, 4.69) is 5.10 Å². The van der Waals surface area contributed by atoms with Crippen molar-refractivity contribution in [2.45, 2.75) is 0 Å². The van der Waals surface area contributed by atoms with Gasteiger partial charge in [0, 0.05) is 6.07 Å². The summed E-state index contributed by atoms with van der Waals surface area (Å²) in [5.41, 5.74) is 0. The molecule has 0 aliphatic rings. The molecule has 3 nitrogen and oxygen atoms in total. The highest BCUT2D eigenvalue weighted by molar-refractivity contribution is 5.24. The van der Waals surface area contributed by atoms with Gasteiger partial charge in [0.2, 0.25) is 0 Å². The van der Waals surface area contributed by atoms with E-state index in [9.17, 15) is 8.78 Å². The van der Waals surface area contributed by atoms with Crippen LogP contribution in [0, 0.1) is 11.6 Å². The van der Waals surface area contributed by atoms with E-state index < -0.39 is 11.6 Å². The Labute approximate surface area is 78.5 Å². The average Bonchev–Trinajstić information content (AvgIpc) is 2.62. The van der Waals surface area contributed by atoms with E-state index in [0.717, 1.165) is 17.0 Å². The summed E-state index contributed by atoms with van der Waals surface area (Å²) in [6, 6.07) is 4.69. The Hall–Kier alpha value is -1.91. The molecule has 0 saturated carbocycles. The molecule has 0 bridgehead atoms. The first-order valence-electron chi connectivity index (χ1n) is 3.89. The quantitative estimate of drug-likeness (QED) is 0.734. The molecule has 0 N–H and O–H groups in total. The summed E-state index contributed by atoms with van der Waals surface area (Å²) >= 11 is 0. The zero-order valence-electron chi connectivity index (χ0n) is 7.02. The molecule has 2 aromatic rings. The van der Waals surface area contributed by atoms with Crippen LogP contribution < -0.4 is 4.84 Å². The van der Waals surface area contributed by atoms with Crippen molar-refractivity contribution >= 4 is 0 Å². The molecule has 1 aromatic carbocycles. The topological polar surface area (TPSA) is 27.1 Å². The van der Waals surface area contributed by atoms with Crippen LogP contribution in [-0.4, -0.2) is 9.94 Å². The summed E-state index contributed by atoms with van der Waals surface area (Å²) < 4.78 is 25.5. The van der Waals surface area contributed by atoms with Crippen LogP contribution in [0.5, 0.6) is 5.75 Å². The van der Waals surface area contributed by atoms with E-state index in [4.69, 9.17) is 4.84 Å². The van der Waals surface area contributed by atoms with E-state index in [1.54, 1.807) is 6.07 Å². The van der Waals surface area contributed by atoms with Gasteiger partial charge < -0.3 is 4.84 Å². The molecule has 0 spiro atoms. The minimum absolute atomic E-state index is 0.0740. The molecule has 72 valence electrons. The third-order valence-corrected chi connectivity index (χ3v) is 1.57. The Balaban J connectivity index is 2.25. The number of hydrogen-bond donors (Lipinski definition) is 0. The van der Waals surface area contributed by atoms with Gasteiger partial charge in [0.05, 0.1) is 12.4 Å². The van der Waals surface area contributed by atoms with Gasteiger partial charge in [-0.15, -0.1) is 9.94 Å². The van der Waals surface area contributed by atoms with Crippen molar-refractivity contribution in [1.29, 1.82) is 0 Å². The van der Waals surface area contributed by atoms with Gasteiger partial charge in [-0.1, -0.05) is 0 Å². The Morgan fingerprint density at radius 3 is 2.79 bits per heavy atom. The van der Waals surface area contributed by atoms with Gasteiger partial charge in [-0.05, 0) is 18.2 Å². The third kappa shape index (κ3) is 1.71. The lowest BCUT2D eigenvalue weighted by Crippen LogP contribution is -2.06. The standard InChI is InChI=1S/C9H6F2N2O/c10-7-2-3-9(8(11)6-7)14-13-5-1-4-12-13/h1-6H. The molecule has 0 radical (unpaired) electrons. The molecule has 1 heterocycles. The molecule has 0 atom stereocenters. The average molecular weight is 196 g/mol. The molecule has 0 aliphatic carbocycles. The summed E-state index contributed by atoms with van der Waals surface area (Å²) in [6.45, 7) is 0. The second-order valence-electron chi connectivity index (χ2n) is 2.57. The van der Waals surface area contributed by atoms with Crippen molar-refractivity contribution in [2.75, 3.05) is 0 Å². The fraction of sp³-hybridized carbons (Fsp3) is 0. The van der Waals surface area contributed by atoms with Crippen molar-refractivity contribution in [3.63, 3.8) is 0 Å². The zero-order valence-corrected chi connectivity index (χ0v) is 7.02. The summed E-state index contributed by atoms with van der Waals surface area (Å²) in [4.78, 5) is 6.05. The first kappa shape index (κ1) is 8.68. The molecule has 1 aromatic heterocycles. The van der Waals surface area contributed by atoms with E-state index in [-0.39, 0.29) is 5.75 Å². The Morgan fingerprint density at radius 1 is 1.29 bits per heavy atom. The van der Waals surface area contributed by atoms with Crippen LogP contribution in [0.1, 0.15) is 0 Å². The lowest BCUT2D eigenvalue weighted by molar-refractivity contribution is 0.170. The van der Waals surface area contributed by atoms with Crippen LogP contribution in [0.3, 0.4) is 0 Å². The number of benzene rings is 1. The van der Waals surface area contributed by atoms with Gasteiger partial charge in [0.15, 0.2) is 11.6 Å². The summed E-state index contributed by atoms with van der Waals surface area (Å²) in [6.07, 6.45) is 2.99. The highest BCUT2D eigenvalue weighted by atomic mass is 19.1. The minimum Gasteiger partial charge on any atom is -0.355 e. The smallest absolute Gasteiger partial charge is 0.193 e. The zero-order chi connectivity index (χ0) is 9.97. The van der Waals surface area contributed by atoms with Gasteiger partial charge >= 0.3 is 0 Å². The molecule has 0 amide bonds. The van der Waals surface area contributed by atoms with Crippen LogP contribution in [0.4, 0.5) is 8.78 Å². The normalized spacial score (nSPS) is 10.1. The fourth-order valence-electron chi connectivity index (χ4n) is 0.959. The molecule has 0 unspecified atom stereocenters. The maximum absolute atomic E-state index is 13.0. The Morgan fingerprint density at radius 2 is 2.14 bits per heavy atom. The molecule has 0 aliphatic heterocycles. The molecule has 0 fully saturated rings. The summed E-state index contributed by atoms with van der Waals surface area (Å²) in [5.74, 6) is -1.48. The lowest BCUT2D eigenvalue weighted by Gasteiger charge is -2.04. The van der Waals surface area contributed by atoms with Crippen molar-refractivity contribution in [3.05, 3.63) is 48.3 Å². The van der Waals surface area contributed by atoms with Crippen molar-refractivity contribution in [2.24, 2.45) is 0 Å². The second-order valence-corrected chi connectivity index (χ2v) is 2.57. The van der Waals surface area contributed by atoms with Gasteiger partial charge in [-0.25, -0.2) is 8.78 Å². The van der Waals surface area contributed by atoms with Crippen LogP contribution in [0.25, 0.3) is 0 Å². The highest BCUT2D eigenvalue weighted by Crippen LogP contribution is 2.17. The van der Waals surface area contributed by atoms with Gasteiger partial charge in [0.25, 0.3) is 0 Å². The summed E-state index contributed by atoms with van der Waals surface area (Å²) in [7, 11) is 0. The Kier molecular flexibility index (Phi) is 2.14. The predicted octanol–water partition coefficient (Wildman–Crippen LogP) is 2.00. The van der Waals surface area contributed by atoms with Crippen LogP contribution in [-0.2, 0) is 0 Å². The largest absolute Gasteiger partial charge is 0.355 e. The van der Waals surface area contributed by atoms with E-state index in [0.29, 0.717) is 0 Å². The Bertz CT molecular complexity index is 428. The predicted molar refractivity (Wildman–Crippen MR) is 44.6 cm³/mol. The fourth-order valence-corrected chi connectivity index (χ4v) is 0.959. The van der Waals surface area contributed by atoms with Gasteiger partial charge in [0.1, 0.15) is 5.82 Å². The molecular formula is C9H6F2N2O. The molecule has 5 heteroatoms. The van der Waals surface area contributed by atoms with Gasteiger partial charge in [-0.3, -0.25) is 0 Å². The third-order valence-electron chi connectivity index (χ3n) is 1.57. The number of hydrogen-bond acceptors (Lipinski definition) is 2. The lowest BCUT2D eigenvalue weighted by atomic mass is 10.3. The first-order chi connectivity index (χ1) is 6.75. The maximum Gasteiger partial charge on any atom is 0.193 e. The van der Waals surface area contributed by atoms with Crippen molar-refractivity contribution in [3.8, 4) is 5.75 Å². The minimum atomic E-state index is -0.763. The first-order valence-corrected chi connectivity index (χ1v) is 3.89. The number of aromatic nitrogens is 2. The van der Waals surface area contributed by atoms with Crippen LogP contribution >= 0.6 is 0 Å². The number of rotatable bonds is 2. The van der Waals surface area contributed by atoms with E-state index in [1.165, 1.54) is 18.5 Å². The van der Waals surface area contributed by atoms with Crippen molar-refractivity contribution < 1.29 is 13.6 Å². The number of halogens is 2. The van der Waals surface area contributed by atoms with Gasteiger partial charge in [-0.2, -0.15) is 0 Å². The van der Waals surface area contributed by atoms with Crippen molar-refractivity contribution in [1.82, 2.24) is 9.94 Å².